The first-order valence-corrected chi connectivity index (χ1v) is 7.59. The molecular formula is C16H20BrN3. The minimum absolute atomic E-state index is 0.0711. The van der Waals surface area contributed by atoms with E-state index in [9.17, 15) is 0 Å². The summed E-state index contributed by atoms with van der Waals surface area (Å²) in [6, 6.07) is 10.6. The van der Waals surface area contributed by atoms with Crippen molar-refractivity contribution in [3.05, 3.63) is 63.4 Å². The fourth-order valence-electron chi connectivity index (χ4n) is 2.15. The number of hydrazine groups is 1. The second-order valence-electron chi connectivity index (χ2n) is 4.94. The summed E-state index contributed by atoms with van der Waals surface area (Å²) < 4.78 is 1.11. The second kappa shape index (κ2) is 6.97. The lowest BCUT2D eigenvalue weighted by Gasteiger charge is -2.17. The van der Waals surface area contributed by atoms with Crippen molar-refractivity contribution in [3.63, 3.8) is 0 Å². The van der Waals surface area contributed by atoms with E-state index < -0.39 is 0 Å². The van der Waals surface area contributed by atoms with Crippen LogP contribution < -0.4 is 11.3 Å². The van der Waals surface area contributed by atoms with Crippen LogP contribution in [0.1, 0.15) is 35.3 Å². The monoisotopic (exact) mass is 333 g/mol. The van der Waals surface area contributed by atoms with E-state index in [1.807, 2.05) is 6.20 Å². The summed E-state index contributed by atoms with van der Waals surface area (Å²) in [5.41, 5.74) is 7.57. The van der Waals surface area contributed by atoms with E-state index >= 15 is 0 Å². The Labute approximate surface area is 128 Å². The second-order valence-corrected chi connectivity index (χ2v) is 5.80. The van der Waals surface area contributed by atoms with E-state index in [1.165, 1.54) is 16.7 Å². The van der Waals surface area contributed by atoms with Gasteiger partial charge in [0, 0.05) is 22.8 Å². The average Bonchev–Trinajstić information content (AvgIpc) is 2.48. The predicted octanol–water partition coefficient (Wildman–Crippen LogP) is 3.46. The quantitative estimate of drug-likeness (QED) is 0.650. The van der Waals surface area contributed by atoms with Gasteiger partial charge in [-0.2, -0.15) is 0 Å². The van der Waals surface area contributed by atoms with Crippen molar-refractivity contribution in [1.82, 2.24) is 10.4 Å². The van der Waals surface area contributed by atoms with E-state index in [0.29, 0.717) is 0 Å². The van der Waals surface area contributed by atoms with Crippen LogP contribution >= 0.6 is 15.9 Å². The molecule has 0 radical (unpaired) electrons. The molecule has 1 atom stereocenters. The fourth-order valence-corrected chi connectivity index (χ4v) is 2.40. The summed E-state index contributed by atoms with van der Waals surface area (Å²) in [5.74, 6) is 5.71. The summed E-state index contributed by atoms with van der Waals surface area (Å²) in [6.45, 7) is 4.21. The molecule has 1 aromatic carbocycles. The van der Waals surface area contributed by atoms with Gasteiger partial charge in [-0.15, -0.1) is 0 Å². The molecule has 1 heterocycles. The van der Waals surface area contributed by atoms with E-state index in [2.05, 4.69) is 70.5 Å². The summed E-state index contributed by atoms with van der Waals surface area (Å²) in [7, 11) is 0. The van der Waals surface area contributed by atoms with E-state index in [0.717, 1.165) is 23.0 Å². The number of aromatic nitrogens is 1. The Morgan fingerprint density at radius 1 is 1.30 bits per heavy atom. The summed E-state index contributed by atoms with van der Waals surface area (Å²) in [6.07, 6.45) is 3.73. The van der Waals surface area contributed by atoms with Gasteiger partial charge in [0.25, 0.3) is 0 Å². The SMILES string of the molecule is CCc1ccc(CC(NN)c2ccc(Br)c(C)c2)nc1. The summed E-state index contributed by atoms with van der Waals surface area (Å²) in [4.78, 5) is 4.50. The largest absolute Gasteiger partial charge is 0.271 e. The normalized spacial score (nSPS) is 12.4. The van der Waals surface area contributed by atoms with Crippen molar-refractivity contribution in [2.45, 2.75) is 32.7 Å². The van der Waals surface area contributed by atoms with Gasteiger partial charge in [-0.3, -0.25) is 16.3 Å². The highest BCUT2D eigenvalue weighted by Crippen LogP contribution is 2.23. The Bertz CT molecular complexity index is 566. The lowest BCUT2D eigenvalue weighted by Crippen LogP contribution is -2.29. The van der Waals surface area contributed by atoms with Crippen molar-refractivity contribution < 1.29 is 0 Å². The van der Waals surface area contributed by atoms with Crippen LogP contribution in [0, 0.1) is 6.92 Å². The molecule has 0 spiro atoms. The molecule has 0 saturated heterocycles. The third kappa shape index (κ3) is 3.66. The maximum atomic E-state index is 5.71. The third-order valence-electron chi connectivity index (χ3n) is 3.49. The van der Waals surface area contributed by atoms with E-state index in [4.69, 9.17) is 5.84 Å². The molecule has 2 aromatic rings. The number of nitrogens with one attached hydrogen (secondary N) is 1. The Balaban J connectivity index is 2.16. The molecule has 0 aliphatic heterocycles. The molecule has 3 nitrogen and oxygen atoms in total. The van der Waals surface area contributed by atoms with Crippen LogP contribution in [0.5, 0.6) is 0 Å². The number of aryl methyl sites for hydroxylation is 2. The molecule has 0 aliphatic rings. The van der Waals surface area contributed by atoms with Crippen molar-refractivity contribution in [2.24, 2.45) is 5.84 Å². The predicted molar refractivity (Wildman–Crippen MR) is 86.3 cm³/mol. The molecule has 1 aromatic heterocycles. The maximum Gasteiger partial charge on any atom is 0.0515 e. The van der Waals surface area contributed by atoms with Crippen LogP contribution in [0.4, 0.5) is 0 Å². The first-order valence-electron chi connectivity index (χ1n) is 6.80. The third-order valence-corrected chi connectivity index (χ3v) is 4.38. The van der Waals surface area contributed by atoms with Gasteiger partial charge in [0.1, 0.15) is 0 Å². The Morgan fingerprint density at radius 3 is 2.65 bits per heavy atom. The van der Waals surface area contributed by atoms with Crippen molar-refractivity contribution in [1.29, 1.82) is 0 Å². The molecule has 0 bridgehead atoms. The molecule has 106 valence electrons. The topological polar surface area (TPSA) is 50.9 Å². The van der Waals surface area contributed by atoms with Gasteiger partial charge in [-0.25, -0.2) is 0 Å². The minimum Gasteiger partial charge on any atom is -0.271 e. The Hall–Kier alpha value is -1.23. The highest BCUT2D eigenvalue weighted by molar-refractivity contribution is 9.10. The van der Waals surface area contributed by atoms with Crippen LogP contribution in [0.15, 0.2) is 41.0 Å². The van der Waals surface area contributed by atoms with E-state index in [1.54, 1.807) is 0 Å². The smallest absolute Gasteiger partial charge is 0.0515 e. The zero-order valence-corrected chi connectivity index (χ0v) is 13.4. The molecule has 4 heteroatoms. The number of halogens is 1. The van der Waals surface area contributed by atoms with Gasteiger partial charge < -0.3 is 0 Å². The molecule has 1 unspecified atom stereocenters. The first-order chi connectivity index (χ1) is 9.63. The highest BCUT2D eigenvalue weighted by atomic mass is 79.9. The van der Waals surface area contributed by atoms with Gasteiger partial charge in [0.05, 0.1) is 6.04 Å². The lowest BCUT2D eigenvalue weighted by molar-refractivity contribution is 0.545. The maximum absolute atomic E-state index is 5.71. The van der Waals surface area contributed by atoms with E-state index in [-0.39, 0.29) is 6.04 Å². The van der Waals surface area contributed by atoms with Crippen molar-refractivity contribution >= 4 is 15.9 Å². The molecule has 0 aliphatic carbocycles. The van der Waals surface area contributed by atoms with Gasteiger partial charge in [-0.05, 0) is 42.2 Å². The van der Waals surface area contributed by atoms with Crippen LogP contribution in [-0.2, 0) is 12.8 Å². The molecule has 0 amide bonds. The molecule has 20 heavy (non-hydrogen) atoms. The van der Waals surface area contributed by atoms with Crippen LogP contribution in [0.3, 0.4) is 0 Å². The van der Waals surface area contributed by atoms with Gasteiger partial charge >= 0.3 is 0 Å². The van der Waals surface area contributed by atoms with Gasteiger partial charge in [0.15, 0.2) is 0 Å². The number of hydrogen-bond donors (Lipinski definition) is 2. The van der Waals surface area contributed by atoms with Crippen molar-refractivity contribution in [2.75, 3.05) is 0 Å². The Kier molecular flexibility index (Phi) is 5.29. The number of benzene rings is 1. The molecule has 0 fully saturated rings. The Morgan fingerprint density at radius 2 is 2.10 bits per heavy atom. The molecular weight excluding hydrogens is 314 g/mol. The highest BCUT2D eigenvalue weighted by Gasteiger charge is 2.12. The van der Waals surface area contributed by atoms with Gasteiger partial charge in [0.2, 0.25) is 0 Å². The number of pyridine rings is 1. The first kappa shape index (κ1) is 15.2. The zero-order chi connectivity index (χ0) is 14.5. The number of rotatable bonds is 5. The van der Waals surface area contributed by atoms with Gasteiger partial charge in [-0.1, -0.05) is 41.1 Å². The molecule has 2 rings (SSSR count). The van der Waals surface area contributed by atoms with Crippen LogP contribution in [-0.4, -0.2) is 4.98 Å². The number of hydrogen-bond acceptors (Lipinski definition) is 3. The van der Waals surface area contributed by atoms with Crippen LogP contribution in [0.25, 0.3) is 0 Å². The average molecular weight is 334 g/mol. The molecule has 0 saturated carbocycles. The fraction of sp³-hybridized carbons (Fsp3) is 0.312. The summed E-state index contributed by atoms with van der Waals surface area (Å²) in [5, 5.41) is 0. The number of nitrogens with zero attached hydrogens (tertiary/aromatic N) is 1. The van der Waals surface area contributed by atoms with Crippen LogP contribution in [0.2, 0.25) is 0 Å². The van der Waals surface area contributed by atoms with Crippen molar-refractivity contribution in [3.8, 4) is 0 Å². The standard InChI is InChI=1S/C16H20BrN3/c1-3-12-4-6-14(19-10-12)9-16(20-18)13-5-7-15(17)11(2)8-13/h4-8,10,16,20H,3,9,18H2,1-2H3. The lowest BCUT2D eigenvalue weighted by atomic mass is 10.0. The number of nitrogens with two attached hydrogens (primary N) is 1. The zero-order valence-electron chi connectivity index (χ0n) is 11.9. The molecule has 3 N–H and O–H groups in total. The minimum atomic E-state index is 0.0711. The summed E-state index contributed by atoms with van der Waals surface area (Å²) >= 11 is 3.52.